The van der Waals surface area contributed by atoms with Crippen LogP contribution >= 0.6 is 0 Å². The van der Waals surface area contributed by atoms with Crippen LogP contribution in [0.1, 0.15) is 59.4 Å². The van der Waals surface area contributed by atoms with Crippen LogP contribution in [0.3, 0.4) is 0 Å². The number of halogens is 1. The highest BCUT2D eigenvalue weighted by molar-refractivity contribution is 7.88. The fraction of sp³-hybridized carbons (Fsp3) is 0.500. The zero-order chi connectivity index (χ0) is 29.7. The average Bonchev–Trinajstić information content (AvgIpc) is 2.90. The Labute approximate surface area is 241 Å². The number of rotatable bonds is 9. The molecule has 2 saturated heterocycles. The van der Waals surface area contributed by atoms with Crippen LogP contribution in [0.25, 0.3) is 0 Å². The highest BCUT2D eigenvalue weighted by atomic mass is 32.2. The van der Waals surface area contributed by atoms with E-state index in [4.69, 9.17) is 0 Å². The first-order chi connectivity index (χ1) is 19.4. The van der Waals surface area contributed by atoms with Crippen molar-refractivity contribution in [3.63, 3.8) is 0 Å². The van der Waals surface area contributed by atoms with E-state index in [0.29, 0.717) is 48.8 Å². The molecule has 0 saturated carbocycles. The first-order valence-electron chi connectivity index (χ1n) is 14.0. The van der Waals surface area contributed by atoms with E-state index < -0.39 is 16.1 Å². The first kappa shape index (κ1) is 30.8. The Kier molecular flexibility index (Phi) is 9.93. The summed E-state index contributed by atoms with van der Waals surface area (Å²) in [6.07, 6.45) is 4.60. The Hall–Kier alpha value is -3.15. The Morgan fingerprint density at radius 1 is 0.951 bits per heavy atom. The van der Waals surface area contributed by atoms with E-state index in [0.717, 1.165) is 37.9 Å². The van der Waals surface area contributed by atoms with E-state index in [1.54, 1.807) is 0 Å². The number of nitrogens with one attached hydrogen (secondary N) is 2. The molecule has 41 heavy (non-hydrogen) atoms. The van der Waals surface area contributed by atoms with Gasteiger partial charge in [-0.2, -0.15) is 0 Å². The molecule has 9 nitrogen and oxygen atoms in total. The molecule has 3 atom stereocenters. The number of Topliss-reactive ketones (excluding diaryl/α,β-unsaturated/α-hetero) is 2. The molecule has 4 rings (SSSR count). The van der Waals surface area contributed by atoms with Crippen molar-refractivity contribution in [2.45, 2.75) is 45.6 Å². The van der Waals surface area contributed by atoms with E-state index in [1.807, 2.05) is 12.1 Å². The molecule has 0 spiro atoms. The second-order valence-corrected chi connectivity index (χ2v) is 13.4. The third-order valence-electron chi connectivity index (χ3n) is 8.02. The fourth-order valence-corrected chi connectivity index (χ4v) is 6.79. The zero-order valence-corrected chi connectivity index (χ0v) is 24.7. The summed E-state index contributed by atoms with van der Waals surface area (Å²) in [6, 6.07) is 10.4. The number of anilines is 1. The Balaban J connectivity index is 1.44. The zero-order valence-electron chi connectivity index (χ0n) is 23.9. The van der Waals surface area contributed by atoms with Crippen LogP contribution in [-0.2, 0) is 16.4 Å². The van der Waals surface area contributed by atoms with Crippen molar-refractivity contribution in [3.8, 4) is 0 Å². The van der Waals surface area contributed by atoms with E-state index in [9.17, 15) is 27.2 Å². The van der Waals surface area contributed by atoms with Crippen LogP contribution < -0.4 is 10.6 Å². The first-order valence-corrected chi connectivity index (χ1v) is 15.9. The second kappa shape index (κ2) is 13.2. The van der Waals surface area contributed by atoms with Crippen molar-refractivity contribution in [1.82, 2.24) is 14.5 Å². The number of piperidine rings is 2. The maximum atomic E-state index is 13.3. The number of hydrogen-bond acceptors (Lipinski definition) is 6. The van der Waals surface area contributed by atoms with E-state index in [-0.39, 0.29) is 29.3 Å². The number of urea groups is 1. The average molecular weight is 587 g/mol. The summed E-state index contributed by atoms with van der Waals surface area (Å²) >= 11 is 0. The molecule has 2 aliphatic rings. The van der Waals surface area contributed by atoms with Crippen molar-refractivity contribution >= 4 is 33.3 Å². The molecule has 2 heterocycles. The van der Waals surface area contributed by atoms with Gasteiger partial charge in [-0.15, -0.1) is 0 Å². The molecule has 2 N–H and O–H groups in total. The number of carbonyl (C=O) groups is 3. The van der Waals surface area contributed by atoms with Crippen molar-refractivity contribution < 1.29 is 27.2 Å². The topological polar surface area (TPSA) is 116 Å². The smallest absolute Gasteiger partial charge is 0.319 e. The van der Waals surface area contributed by atoms with Crippen molar-refractivity contribution in [2.75, 3.05) is 44.3 Å². The molecule has 11 heteroatoms. The van der Waals surface area contributed by atoms with E-state index >= 15 is 0 Å². The summed E-state index contributed by atoms with van der Waals surface area (Å²) in [4.78, 5) is 39.3. The molecule has 0 aromatic heterocycles. The number of likely N-dealkylation sites (tertiary alicyclic amines) is 1. The van der Waals surface area contributed by atoms with E-state index in [2.05, 4.69) is 15.5 Å². The van der Waals surface area contributed by atoms with Gasteiger partial charge in [0, 0.05) is 55.0 Å². The summed E-state index contributed by atoms with van der Waals surface area (Å²) in [7, 11) is -3.39. The number of benzene rings is 2. The Morgan fingerprint density at radius 2 is 1.61 bits per heavy atom. The molecule has 2 aromatic carbocycles. The van der Waals surface area contributed by atoms with Crippen molar-refractivity contribution in [2.24, 2.45) is 11.8 Å². The number of amides is 2. The van der Waals surface area contributed by atoms with Gasteiger partial charge in [0.15, 0.2) is 11.6 Å². The van der Waals surface area contributed by atoms with Gasteiger partial charge >= 0.3 is 6.03 Å². The third kappa shape index (κ3) is 8.67. The summed E-state index contributed by atoms with van der Waals surface area (Å²) < 4.78 is 39.6. The summed E-state index contributed by atoms with van der Waals surface area (Å²) in [6.45, 7) is 5.77. The number of hydrogen-bond donors (Lipinski definition) is 2. The van der Waals surface area contributed by atoms with Gasteiger partial charge in [-0.1, -0.05) is 12.1 Å². The molecule has 0 radical (unpaired) electrons. The Bertz CT molecular complexity index is 1350. The lowest BCUT2D eigenvalue weighted by Crippen LogP contribution is -2.56. The SMILES string of the molecule is CC(=O)c1cc(NC(=O)N[C@@H]2CCN(S(C)(=O)=O)C[C@H]2CN2CCC[C@@H](Cc3ccc(F)cc3)C2)cc(C(C)=O)c1. The summed E-state index contributed by atoms with van der Waals surface area (Å²) in [5.41, 5.74) is 2.09. The van der Waals surface area contributed by atoms with Crippen LogP contribution in [0.5, 0.6) is 0 Å². The van der Waals surface area contributed by atoms with E-state index in [1.165, 1.54) is 54.7 Å². The standard InChI is InChI=1S/C30H39FN4O5S/c1-20(36)24-14-25(21(2)37)16-28(15-24)32-30(38)33-29-10-12-35(41(3,39)40)19-26(29)18-34-11-4-5-23(17-34)13-22-6-8-27(31)9-7-22/h6-9,14-16,23,26,29H,4-5,10-13,17-19H2,1-3H3,(H2,32,33,38)/t23-,26+,29+/m0/s1. The van der Waals surface area contributed by atoms with Gasteiger partial charge in [-0.3, -0.25) is 9.59 Å². The summed E-state index contributed by atoms with van der Waals surface area (Å²) in [5.74, 6) is -0.416. The molecule has 2 aromatic rings. The van der Waals surface area contributed by atoms with Gasteiger partial charge in [-0.25, -0.2) is 21.9 Å². The maximum Gasteiger partial charge on any atom is 0.319 e. The molecule has 2 fully saturated rings. The quantitative estimate of drug-likeness (QED) is 0.430. The number of carbonyl (C=O) groups excluding carboxylic acids is 3. The van der Waals surface area contributed by atoms with Gasteiger partial charge in [0.2, 0.25) is 10.0 Å². The predicted octanol–water partition coefficient (Wildman–Crippen LogP) is 3.96. The fourth-order valence-electron chi connectivity index (χ4n) is 5.89. The van der Waals surface area contributed by atoms with Gasteiger partial charge in [0.25, 0.3) is 0 Å². The maximum absolute atomic E-state index is 13.3. The normalized spacial score (nSPS) is 22.2. The molecule has 0 unspecified atom stereocenters. The predicted molar refractivity (Wildman–Crippen MR) is 156 cm³/mol. The highest BCUT2D eigenvalue weighted by Gasteiger charge is 2.36. The van der Waals surface area contributed by atoms with Gasteiger partial charge in [0.1, 0.15) is 5.82 Å². The van der Waals surface area contributed by atoms with Gasteiger partial charge in [0.05, 0.1) is 6.26 Å². The highest BCUT2D eigenvalue weighted by Crippen LogP contribution is 2.26. The van der Waals surface area contributed by atoms with Crippen molar-refractivity contribution in [3.05, 3.63) is 65.0 Å². The molecule has 2 aliphatic heterocycles. The van der Waals surface area contributed by atoms with Gasteiger partial charge in [-0.05, 0) is 87.9 Å². The number of ketones is 2. The Morgan fingerprint density at radius 3 is 2.22 bits per heavy atom. The largest absolute Gasteiger partial charge is 0.335 e. The lowest BCUT2D eigenvalue weighted by molar-refractivity contribution is 0.101. The minimum Gasteiger partial charge on any atom is -0.335 e. The molecular formula is C30H39FN4O5S. The lowest BCUT2D eigenvalue weighted by atomic mass is 9.88. The second-order valence-electron chi connectivity index (χ2n) is 11.4. The lowest BCUT2D eigenvalue weighted by Gasteiger charge is -2.42. The minimum absolute atomic E-state index is 0.134. The van der Waals surface area contributed by atoms with Crippen LogP contribution in [0.4, 0.5) is 14.9 Å². The minimum atomic E-state index is -3.39. The number of nitrogens with zero attached hydrogens (tertiary/aromatic N) is 2. The molecular weight excluding hydrogens is 547 g/mol. The molecule has 222 valence electrons. The third-order valence-corrected chi connectivity index (χ3v) is 9.29. The summed E-state index contributed by atoms with van der Waals surface area (Å²) in [5, 5.41) is 5.79. The molecule has 2 amide bonds. The monoisotopic (exact) mass is 586 g/mol. The van der Waals surface area contributed by atoms with Crippen LogP contribution in [0.15, 0.2) is 42.5 Å². The van der Waals surface area contributed by atoms with Crippen LogP contribution in [0, 0.1) is 17.7 Å². The van der Waals surface area contributed by atoms with Crippen molar-refractivity contribution in [1.29, 1.82) is 0 Å². The van der Waals surface area contributed by atoms with Crippen LogP contribution in [0.2, 0.25) is 0 Å². The van der Waals surface area contributed by atoms with Gasteiger partial charge < -0.3 is 15.5 Å². The van der Waals surface area contributed by atoms with Crippen LogP contribution in [-0.4, -0.2) is 80.2 Å². The molecule has 0 bridgehead atoms. The molecule has 0 aliphatic carbocycles. The number of sulfonamides is 1.